The third-order valence-electron chi connectivity index (χ3n) is 4.56. The SMILES string of the molecule is CCNC(=NCC1CCCO1)N1CCC(c2ccccc2)C1. The molecule has 1 aromatic rings. The zero-order chi connectivity index (χ0) is 15.2. The van der Waals surface area contributed by atoms with Crippen LogP contribution < -0.4 is 5.32 Å². The Morgan fingerprint density at radius 1 is 1.32 bits per heavy atom. The molecule has 2 aliphatic rings. The van der Waals surface area contributed by atoms with Gasteiger partial charge in [-0.2, -0.15) is 0 Å². The summed E-state index contributed by atoms with van der Waals surface area (Å²) in [5, 5.41) is 3.44. The fourth-order valence-electron chi connectivity index (χ4n) is 3.35. The van der Waals surface area contributed by atoms with E-state index >= 15 is 0 Å². The van der Waals surface area contributed by atoms with Crippen LogP contribution in [-0.4, -0.2) is 49.7 Å². The maximum absolute atomic E-state index is 5.68. The van der Waals surface area contributed by atoms with Gasteiger partial charge in [-0.15, -0.1) is 0 Å². The standard InChI is InChI=1S/C18H27N3O/c1-2-19-18(20-13-17-9-6-12-22-17)21-11-10-16(14-21)15-7-4-3-5-8-15/h3-5,7-8,16-17H,2,6,9-14H2,1H3,(H,19,20). The molecule has 4 nitrogen and oxygen atoms in total. The molecular formula is C18H27N3O. The highest BCUT2D eigenvalue weighted by molar-refractivity contribution is 5.80. The molecule has 120 valence electrons. The molecule has 3 rings (SSSR count). The summed E-state index contributed by atoms with van der Waals surface area (Å²) in [6.07, 6.45) is 3.85. The van der Waals surface area contributed by atoms with Gasteiger partial charge in [0, 0.05) is 32.2 Å². The van der Waals surface area contributed by atoms with Gasteiger partial charge in [-0.3, -0.25) is 4.99 Å². The summed E-state index contributed by atoms with van der Waals surface area (Å²) in [5.41, 5.74) is 1.44. The number of guanidine groups is 1. The normalized spacial score (nSPS) is 25.7. The van der Waals surface area contributed by atoms with Crippen LogP contribution in [0.4, 0.5) is 0 Å². The van der Waals surface area contributed by atoms with Crippen LogP contribution in [0, 0.1) is 0 Å². The van der Waals surface area contributed by atoms with Crippen molar-refractivity contribution in [3.63, 3.8) is 0 Å². The van der Waals surface area contributed by atoms with E-state index in [1.54, 1.807) is 0 Å². The molecule has 22 heavy (non-hydrogen) atoms. The molecule has 0 aromatic heterocycles. The fourth-order valence-corrected chi connectivity index (χ4v) is 3.35. The lowest BCUT2D eigenvalue weighted by atomic mass is 9.99. The van der Waals surface area contributed by atoms with Crippen molar-refractivity contribution in [2.75, 3.05) is 32.8 Å². The van der Waals surface area contributed by atoms with E-state index < -0.39 is 0 Å². The topological polar surface area (TPSA) is 36.9 Å². The van der Waals surface area contributed by atoms with Gasteiger partial charge in [0.1, 0.15) is 0 Å². The second-order valence-corrected chi connectivity index (χ2v) is 6.17. The highest BCUT2D eigenvalue weighted by Gasteiger charge is 2.26. The summed E-state index contributed by atoms with van der Waals surface area (Å²) in [4.78, 5) is 7.21. The summed E-state index contributed by atoms with van der Waals surface area (Å²) < 4.78 is 5.68. The lowest BCUT2D eigenvalue weighted by Crippen LogP contribution is -2.40. The number of nitrogens with one attached hydrogen (secondary N) is 1. The Kier molecular flexibility index (Phi) is 5.33. The molecule has 2 aliphatic heterocycles. The molecule has 0 radical (unpaired) electrons. The van der Waals surface area contributed by atoms with Gasteiger partial charge in [-0.1, -0.05) is 30.3 Å². The van der Waals surface area contributed by atoms with Crippen LogP contribution in [0.2, 0.25) is 0 Å². The number of ether oxygens (including phenoxy) is 1. The molecule has 2 fully saturated rings. The van der Waals surface area contributed by atoms with Crippen molar-refractivity contribution in [3.05, 3.63) is 35.9 Å². The first-order valence-electron chi connectivity index (χ1n) is 8.56. The Hall–Kier alpha value is -1.55. The van der Waals surface area contributed by atoms with E-state index in [1.807, 2.05) is 0 Å². The van der Waals surface area contributed by atoms with E-state index in [4.69, 9.17) is 9.73 Å². The van der Waals surface area contributed by atoms with Crippen LogP contribution in [0.25, 0.3) is 0 Å². The van der Waals surface area contributed by atoms with Gasteiger partial charge in [0.15, 0.2) is 5.96 Å². The van der Waals surface area contributed by atoms with Crippen molar-refractivity contribution in [3.8, 4) is 0 Å². The quantitative estimate of drug-likeness (QED) is 0.686. The molecule has 0 spiro atoms. The summed E-state index contributed by atoms with van der Waals surface area (Å²) >= 11 is 0. The summed E-state index contributed by atoms with van der Waals surface area (Å²) in [7, 11) is 0. The lowest BCUT2D eigenvalue weighted by Gasteiger charge is -2.22. The van der Waals surface area contributed by atoms with Gasteiger partial charge in [-0.25, -0.2) is 0 Å². The highest BCUT2D eigenvalue weighted by atomic mass is 16.5. The molecule has 0 bridgehead atoms. The minimum absolute atomic E-state index is 0.321. The number of hydrogen-bond acceptors (Lipinski definition) is 2. The van der Waals surface area contributed by atoms with Crippen LogP contribution in [0.3, 0.4) is 0 Å². The van der Waals surface area contributed by atoms with Gasteiger partial charge in [0.25, 0.3) is 0 Å². The second-order valence-electron chi connectivity index (χ2n) is 6.17. The molecule has 1 aromatic carbocycles. The average molecular weight is 301 g/mol. The predicted octanol–water partition coefficient (Wildman–Crippen LogP) is 2.62. The van der Waals surface area contributed by atoms with E-state index in [0.29, 0.717) is 12.0 Å². The molecule has 2 heterocycles. The van der Waals surface area contributed by atoms with Gasteiger partial charge in [0.2, 0.25) is 0 Å². The number of benzene rings is 1. The zero-order valence-corrected chi connectivity index (χ0v) is 13.5. The average Bonchev–Trinajstić information content (AvgIpc) is 3.24. The van der Waals surface area contributed by atoms with Gasteiger partial charge < -0.3 is 15.0 Å². The van der Waals surface area contributed by atoms with Crippen LogP contribution >= 0.6 is 0 Å². The third kappa shape index (κ3) is 3.80. The predicted molar refractivity (Wildman–Crippen MR) is 90.3 cm³/mol. The van der Waals surface area contributed by atoms with Crippen LogP contribution in [0.15, 0.2) is 35.3 Å². The first kappa shape index (κ1) is 15.3. The molecule has 1 N–H and O–H groups in total. The van der Waals surface area contributed by atoms with E-state index in [9.17, 15) is 0 Å². The maximum atomic E-state index is 5.68. The maximum Gasteiger partial charge on any atom is 0.194 e. The first-order chi connectivity index (χ1) is 10.9. The molecule has 2 unspecified atom stereocenters. The number of nitrogens with zero attached hydrogens (tertiary/aromatic N) is 2. The van der Waals surface area contributed by atoms with E-state index in [-0.39, 0.29) is 0 Å². The van der Waals surface area contributed by atoms with Gasteiger partial charge in [0.05, 0.1) is 12.6 Å². The number of likely N-dealkylation sites (tertiary alicyclic amines) is 1. The largest absolute Gasteiger partial charge is 0.376 e. The lowest BCUT2D eigenvalue weighted by molar-refractivity contribution is 0.117. The molecule has 0 amide bonds. The van der Waals surface area contributed by atoms with Crippen molar-refractivity contribution >= 4 is 5.96 Å². The Labute approximate surface area is 133 Å². The fraction of sp³-hybridized carbons (Fsp3) is 0.611. The summed E-state index contributed by atoms with van der Waals surface area (Å²) in [5.74, 6) is 1.67. The van der Waals surface area contributed by atoms with E-state index in [0.717, 1.165) is 45.2 Å². The monoisotopic (exact) mass is 301 g/mol. The number of aliphatic imine (C=N–C) groups is 1. The Bertz CT molecular complexity index is 482. The van der Waals surface area contributed by atoms with Crippen LogP contribution in [0.5, 0.6) is 0 Å². The van der Waals surface area contributed by atoms with E-state index in [2.05, 4.69) is 47.5 Å². The third-order valence-corrected chi connectivity index (χ3v) is 4.56. The smallest absolute Gasteiger partial charge is 0.194 e. The molecule has 2 saturated heterocycles. The Balaban J connectivity index is 1.61. The van der Waals surface area contributed by atoms with Crippen molar-refractivity contribution < 1.29 is 4.74 Å². The molecule has 4 heteroatoms. The molecule has 2 atom stereocenters. The Morgan fingerprint density at radius 2 is 2.18 bits per heavy atom. The van der Waals surface area contributed by atoms with Crippen LogP contribution in [0.1, 0.15) is 37.7 Å². The Morgan fingerprint density at radius 3 is 2.91 bits per heavy atom. The van der Waals surface area contributed by atoms with Gasteiger partial charge >= 0.3 is 0 Å². The second kappa shape index (κ2) is 7.63. The van der Waals surface area contributed by atoms with Crippen molar-refractivity contribution in [1.29, 1.82) is 0 Å². The molecular weight excluding hydrogens is 274 g/mol. The number of rotatable bonds is 4. The summed E-state index contributed by atoms with van der Waals surface area (Å²) in [6.45, 7) is 6.87. The minimum atomic E-state index is 0.321. The van der Waals surface area contributed by atoms with Crippen LogP contribution in [-0.2, 0) is 4.74 Å². The van der Waals surface area contributed by atoms with Gasteiger partial charge in [-0.05, 0) is 31.7 Å². The molecule has 0 saturated carbocycles. The zero-order valence-electron chi connectivity index (χ0n) is 13.5. The van der Waals surface area contributed by atoms with E-state index in [1.165, 1.54) is 18.4 Å². The highest BCUT2D eigenvalue weighted by Crippen LogP contribution is 2.27. The first-order valence-corrected chi connectivity index (χ1v) is 8.56. The molecule has 0 aliphatic carbocycles. The minimum Gasteiger partial charge on any atom is -0.376 e. The van der Waals surface area contributed by atoms with Crippen molar-refractivity contribution in [2.45, 2.75) is 38.2 Å². The van der Waals surface area contributed by atoms with Crippen molar-refractivity contribution in [1.82, 2.24) is 10.2 Å². The van der Waals surface area contributed by atoms with Crippen molar-refractivity contribution in [2.24, 2.45) is 4.99 Å². The summed E-state index contributed by atoms with van der Waals surface area (Å²) in [6, 6.07) is 10.8. The number of hydrogen-bond donors (Lipinski definition) is 1.